The van der Waals surface area contributed by atoms with Crippen LogP contribution in [0.5, 0.6) is 0 Å². The van der Waals surface area contributed by atoms with Gasteiger partial charge in [-0.25, -0.2) is 4.79 Å². The quantitative estimate of drug-likeness (QED) is 0.934. The van der Waals surface area contributed by atoms with Crippen molar-refractivity contribution in [2.75, 3.05) is 19.6 Å². The van der Waals surface area contributed by atoms with Gasteiger partial charge in [0.15, 0.2) is 0 Å². The molecule has 6 heteroatoms. The second-order valence-electron chi connectivity index (χ2n) is 5.39. The summed E-state index contributed by atoms with van der Waals surface area (Å²) in [5.41, 5.74) is -0.452. The summed E-state index contributed by atoms with van der Waals surface area (Å²) in [5.74, 6) is 0. The molecule has 0 aliphatic carbocycles. The Labute approximate surface area is 120 Å². The molecular weight excluding hydrogens is 274 g/mol. The number of piperidine rings is 1. The number of aromatic amines is 1. The molecule has 108 valence electrons. The van der Waals surface area contributed by atoms with E-state index in [-0.39, 0.29) is 11.2 Å². The van der Waals surface area contributed by atoms with E-state index in [4.69, 9.17) is 0 Å². The zero-order chi connectivity index (χ0) is 14.1. The first-order valence-electron chi connectivity index (χ1n) is 7.11. The maximum absolute atomic E-state index is 12.4. The first kappa shape index (κ1) is 13.6. The maximum atomic E-state index is 12.4. The third-order valence-electron chi connectivity index (χ3n) is 3.88. The molecule has 0 unspecified atom stereocenters. The molecule has 1 aliphatic heterocycles. The van der Waals surface area contributed by atoms with Crippen LogP contribution in [-0.2, 0) is 6.54 Å². The average molecular weight is 293 g/mol. The second-order valence-corrected chi connectivity index (χ2v) is 6.65. The minimum atomic E-state index is -0.290. The zero-order valence-electron chi connectivity index (χ0n) is 11.6. The lowest BCUT2D eigenvalue weighted by Crippen LogP contribution is -2.40. The van der Waals surface area contributed by atoms with Gasteiger partial charge in [-0.05, 0) is 38.9 Å². The summed E-state index contributed by atoms with van der Waals surface area (Å²) in [4.78, 5) is 31.3. The fraction of sp³-hybridized carbons (Fsp3) is 0.571. The van der Waals surface area contributed by atoms with Crippen LogP contribution in [0.15, 0.2) is 15.7 Å². The van der Waals surface area contributed by atoms with Crippen LogP contribution in [0.1, 0.15) is 24.1 Å². The highest BCUT2D eigenvalue weighted by atomic mass is 32.1. The lowest BCUT2D eigenvalue weighted by Gasteiger charge is -2.26. The molecule has 0 bridgehead atoms. The summed E-state index contributed by atoms with van der Waals surface area (Å²) in [5, 5.41) is 0.630. The van der Waals surface area contributed by atoms with Gasteiger partial charge in [0.25, 0.3) is 5.56 Å². The van der Waals surface area contributed by atoms with Crippen molar-refractivity contribution in [3.05, 3.63) is 31.8 Å². The van der Waals surface area contributed by atoms with E-state index in [0.29, 0.717) is 16.8 Å². The van der Waals surface area contributed by atoms with E-state index in [2.05, 4.69) is 9.88 Å². The highest BCUT2D eigenvalue weighted by molar-refractivity contribution is 7.18. The molecule has 0 aromatic carbocycles. The average Bonchev–Trinajstić information content (AvgIpc) is 2.80. The summed E-state index contributed by atoms with van der Waals surface area (Å²) in [6, 6.07) is 1.86. The molecule has 0 atom stereocenters. The predicted molar refractivity (Wildman–Crippen MR) is 81.7 cm³/mol. The van der Waals surface area contributed by atoms with Crippen molar-refractivity contribution in [1.82, 2.24) is 14.5 Å². The number of aromatic nitrogens is 2. The van der Waals surface area contributed by atoms with Crippen molar-refractivity contribution >= 4 is 21.6 Å². The Kier molecular flexibility index (Phi) is 3.76. The topological polar surface area (TPSA) is 58.1 Å². The van der Waals surface area contributed by atoms with Crippen LogP contribution < -0.4 is 11.2 Å². The van der Waals surface area contributed by atoms with Crippen LogP contribution >= 0.6 is 11.3 Å². The van der Waals surface area contributed by atoms with Gasteiger partial charge in [-0.15, -0.1) is 11.3 Å². The smallest absolute Gasteiger partial charge is 0.302 e. The van der Waals surface area contributed by atoms with Crippen molar-refractivity contribution in [3.8, 4) is 0 Å². The molecule has 2 aromatic heterocycles. The molecule has 0 saturated carbocycles. The monoisotopic (exact) mass is 293 g/mol. The van der Waals surface area contributed by atoms with Crippen molar-refractivity contribution in [1.29, 1.82) is 0 Å². The van der Waals surface area contributed by atoms with Crippen molar-refractivity contribution in [2.24, 2.45) is 0 Å². The van der Waals surface area contributed by atoms with Crippen molar-refractivity contribution in [2.45, 2.75) is 32.7 Å². The molecule has 2 aromatic rings. The zero-order valence-corrected chi connectivity index (χ0v) is 12.5. The summed E-state index contributed by atoms with van der Waals surface area (Å²) >= 11 is 1.46. The van der Waals surface area contributed by atoms with E-state index in [9.17, 15) is 9.59 Å². The molecule has 0 amide bonds. The van der Waals surface area contributed by atoms with Crippen LogP contribution in [0, 0.1) is 6.92 Å². The van der Waals surface area contributed by atoms with Gasteiger partial charge < -0.3 is 4.90 Å². The number of aryl methyl sites for hydroxylation is 1. The molecule has 1 aliphatic rings. The molecule has 3 heterocycles. The number of likely N-dealkylation sites (tertiary alicyclic amines) is 1. The Morgan fingerprint density at radius 2 is 1.95 bits per heavy atom. The molecule has 0 radical (unpaired) electrons. The number of hydrogen-bond donors (Lipinski definition) is 1. The Morgan fingerprint density at radius 1 is 1.20 bits per heavy atom. The molecule has 3 rings (SSSR count). The van der Waals surface area contributed by atoms with Crippen LogP contribution in [0.4, 0.5) is 0 Å². The lowest BCUT2D eigenvalue weighted by atomic mass is 10.1. The Bertz CT molecular complexity index is 722. The summed E-state index contributed by atoms with van der Waals surface area (Å²) in [6.07, 6.45) is 3.72. The Morgan fingerprint density at radius 3 is 2.70 bits per heavy atom. The minimum Gasteiger partial charge on any atom is -0.302 e. The van der Waals surface area contributed by atoms with E-state index in [1.807, 2.05) is 13.0 Å². The SMILES string of the molecule is Cc1cc2c(=O)n(CCN3CCCCC3)c(=O)[nH]c2s1. The molecule has 20 heavy (non-hydrogen) atoms. The fourth-order valence-electron chi connectivity index (χ4n) is 2.80. The molecule has 0 spiro atoms. The van der Waals surface area contributed by atoms with Gasteiger partial charge in [-0.2, -0.15) is 0 Å². The van der Waals surface area contributed by atoms with E-state index < -0.39 is 0 Å². The maximum Gasteiger partial charge on any atom is 0.329 e. The number of H-pyrrole nitrogens is 1. The standard InChI is InChI=1S/C14H19N3O2S/c1-10-9-11-12(20-10)15-14(19)17(13(11)18)8-7-16-5-3-2-4-6-16/h9H,2-8H2,1H3,(H,15,19). The minimum absolute atomic E-state index is 0.162. The summed E-state index contributed by atoms with van der Waals surface area (Å²) < 4.78 is 1.34. The van der Waals surface area contributed by atoms with Gasteiger partial charge in [0.2, 0.25) is 0 Å². The predicted octanol–water partition coefficient (Wildman–Crippen LogP) is 1.55. The number of rotatable bonds is 3. The highest BCUT2D eigenvalue weighted by Gasteiger charge is 2.13. The van der Waals surface area contributed by atoms with Crippen molar-refractivity contribution in [3.63, 3.8) is 0 Å². The molecule has 1 fully saturated rings. The highest BCUT2D eigenvalue weighted by Crippen LogP contribution is 2.18. The van der Waals surface area contributed by atoms with E-state index in [1.54, 1.807) is 0 Å². The molecular formula is C14H19N3O2S. The van der Waals surface area contributed by atoms with Crippen LogP contribution in [0.2, 0.25) is 0 Å². The molecule has 1 saturated heterocycles. The van der Waals surface area contributed by atoms with Gasteiger partial charge in [-0.3, -0.25) is 14.3 Å². The third kappa shape index (κ3) is 2.58. The third-order valence-corrected chi connectivity index (χ3v) is 4.85. The number of fused-ring (bicyclic) bond motifs is 1. The van der Waals surface area contributed by atoms with Gasteiger partial charge in [-0.1, -0.05) is 6.42 Å². The van der Waals surface area contributed by atoms with E-state index in [0.717, 1.165) is 24.5 Å². The molecule has 5 nitrogen and oxygen atoms in total. The number of nitrogens with zero attached hydrogens (tertiary/aromatic N) is 2. The first-order chi connectivity index (χ1) is 9.65. The number of hydrogen-bond acceptors (Lipinski definition) is 4. The van der Waals surface area contributed by atoms with Crippen LogP contribution in [-0.4, -0.2) is 34.1 Å². The van der Waals surface area contributed by atoms with E-state index >= 15 is 0 Å². The van der Waals surface area contributed by atoms with E-state index in [1.165, 1.54) is 35.2 Å². The summed E-state index contributed by atoms with van der Waals surface area (Å²) in [6.45, 7) is 5.34. The Hall–Kier alpha value is -1.40. The number of nitrogens with one attached hydrogen (secondary N) is 1. The van der Waals surface area contributed by atoms with Crippen LogP contribution in [0.3, 0.4) is 0 Å². The first-order valence-corrected chi connectivity index (χ1v) is 7.92. The van der Waals surface area contributed by atoms with Crippen LogP contribution in [0.25, 0.3) is 10.2 Å². The largest absolute Gasteiger partial charge is 0.329 e. The molecule has 1 N–H and O–H groups in total. The summed E-state index contributed by atoms with van der Waals surface area (Å²) in [7, 11) is 0. The lowest BCUT2D eigenvalue weighted by molar-refractivity contribution is 0.219. The second kappa shape index (κ2) is 5.54. The van der Waals surface area contributed by atoms with Gasteiger partial charge in [0.05, 0.1) is 5.39 Å². The fourth-order valence-corrected chi connectivity index (χ4v) is 3.69. The van der Waals surface area contributed by atoms with Crippen molar-refractivity contribution < 1.29 is 0 Å². The normalized spacial score (nSPS) is 16.9. The number of thiophene rings is 1. The Balaban J connectivity index is 1.87. The van der Waals surface area contributed by atoms with Gasteiger partial charge in [0, 0.05) is 18.0 Å². The van der Waals surface area contributed by atoms with Gasteiger partial charge in [0.1, 0.15) is 4.83 Å². The van der Waals surface area contributed by atoms with Gasteiger partial charge >= 0.3 is 5.69 Å².